The van der Waals surface area contributed by atoms with Gasteiger partial charge in [-0.05, 0) is 45.6 Å². The highest BCUT2D eigenvalue weighted by atomic mass is 16.5. The molecule has 4 heteroatoms. The van der Waals surface area contributed by atoms with Crippen molar-refractivity contribution in [1.29, 1.82) is 0 Å². The fourth-order valence-corrected chi connectivity index (χ4v) is 2.19. The average Bonchev–Trinajstić information content (AvgIpc) is 3.03. The minimum absolute atomic E-state index is 0.218. The van der Waals surface area contributed by atoms with Crippen LogP contribution < -0.4 is 10.6 Å². The Bertz CT molecular complexity index is 248. The summed E-state index contributed by atoms with van der Waals surface area (Å²) < 4.78 is 5.50. The quantitative estimate of drug-likeness (QED) is 0.627. The second-order valence-corrected chi connectivity index (χ2v) is 5.15. The van der Waals surface area contributed by atoms with Crippen LogP contribution in [0.5, 0.6) is 0 Å². The van der Waals surface area contributed by atoms with Gasteiger partial charge in [-0.25, -0.2) is 0 Å². The zero-order valence-corrected chi connectivity index (χ0v) is 10.7. The summed E-state index contributed by atoms with van der Waals surface area (Å²) >= 11 is 0. The van der Waals surface area contributed by atoms with Gasteiger partial charge in [0.05, 0.1) is 6.10 Å². The molecular formula is C13H24N2O2. The number of rotatable bonds is 8. The molecule has 17 heavy (non-hydrogen) atoms. The Labute approximate surface area is 103 Å². The molecule has 0 saturated heterocycles. The number of amides is 1. The molecule has 2 fully saturated rings. The third-order valence-corrected chi connectivity index (χ3v) is 3.45. The zero-order valence-electron chi connectivity index (χ0n) is 10.7. The minimum Gasteiger partial charge on any atom is -0.378 e. The smallest absolute Gasteiger partial charge is 0.220 e. The van der Waals surface area contributed by atoms with Crippen molar-refractivity contribution in [2.75, 3.05) is 13.2 Å². The van der Waals surface area contributed by atoms with Gasteiger partial charge in [0, 0.05) is 25.1 Å². The maximum absolute atomic E-state index is 11.4. The largest absolute Gasteiger partial charge is 0.378 e. The van der Waals surface area contributed by atoms with Crippen LogP contribution in [0.25, 0.3) is 0 Å². The summed E-state index contributed by atoms with van der Waals surface area (Å²) in [4.78, 5) is 11.4. The van der Waals surface area contributed by atoms with Gasteiger partial charge >= 0.3 is 0 Å². The Morgan fingerprint density at radius 2 is 2.06 bits per heavy atom. The lowest BCUT2D eigenvalue weighted by Gasteiger charge is -2.35. The van der Waals surface area contributed by atoms with Crippen molar-refractivity contribution in [1.82, 2.24) is 10.6 Å². The summed E-state index contributed by atoms with van der Waals surface area (Å²) in [6.45, 7) is 3.81. The van der Waals surface area contributed by atoms with Crippen molar-refractivity contribution >= 4 is 5.91 Å². The van der Waals surface area contributed by atoms with Crippen LogP contribution >= 0.6 is 0 Å². The lowest BCUT2D eigenvalue weighted by atomic mass is 9.89. The van der Waals surface area contributed by atoms with Gasteiger partial charge < -0.3 is 15.4 Å². The summed E-state index contributed by atoms with van der Waals surface area (Å²) in [5.74, 6) is 0.218. The molecule has 0 atom stereocenters. The second-order valence-electron chi connectivity index (χ2n) is 5.15. The summed E-state index contributed by atoms with van der Waals surface area (Å²) in [6, 6.07) is 1.10. The van der Waals surface area contributed by atoms with E-state index in [1.54, 1.807) is 0 Å². The Morgan fingerprint density at radius 1 is 1.29 bits per heavy atom. The lowest BCUT2D eigenvalue weighted by Crippen LogP contribution is -2.45. The highest BCUT2D eigenvalue weighted by molar-refractivity contribution is 5.76. The highest BCUT2D eigenvalue weighted by Gasteiger charge is 2.28. The van der Waals surface area contributed by atoms with Crippen LogP contribution in [-0.4, -0.2) is 37.2 Å². The summed E-state index contributed by atoms with van der Waals surface area (Å²) in [5.41, 5.74) is 0. The number of nitrogens with one attached hydrogen (secondary N) is 2. The van der Waals surface area contributed by atoms with E-state index in [9.17, 15) is 4.79 Å². The summed E-state index contributed by atoms with van der Waals surface area (Å²) in [7, 11) is 0. The first kappa shape index (κ1) is 12.8. The van der Waals surface area contributed by atoms with Gasteiger partial charge in [0.2, 0.25) is 5.91 Å². The minimum atomic E-state index is 0.218. The van der Waals surface area contributed by atoms with Gasteiger partial charge in [0.1, 0.15) is 0 Å². The van der Waals surface area contributed by atoms with Gasteiger partial charge in [-0.1, -0.05) is 0 Å². The van der Waals surface area contributed by atoms with Gasteiger partial charge in [0.15, 0.2) is 0 Å². The third kappa shape index (κ3) is 4.64. The van der Waals surface area contributed by atoms with Gasteiger partial charge in [-0.2, -0.15) is 0 Å². The van der Waals surface area contributed by atoms with E-state index in [1.807, 2.05) is 6.92 Å². The van der Waals surface area contributed by atoms with Gasteiger partial charge in [-0.15, -0.1) is 0 Å². The maximum atomic E-state index is 11.4. The molecule has 0 unspecified atom stereocenters. The first-order valence-electron chi connectivity index (χ1n) is 6.92. The number of ether oxygens (including phenoxy) is 1. The highest BCUT2D eigenvalue weighted by Crippen LogP contribution is 2.23. The van der Waals surface area contributed by atoms with Crippen LogP contribution in [0, 0.1) is 0 Å². The van der Waals surface area contributed by atoms with Crippen molar-refractivity contribution in [2.24, 2.45) is 0 Å². The van der Waals surface area contributed by atoms with Gasteiger partial charge in [-0.3, -0.25) is 4.79 Å². The second kappa shape index (κ2) is 6.36. The Kier molecular flexibility index (Phi) is 4.80. The number of hydrogen-bond donors (Lipinski definition) is 2. The molecule has 0 radical (unpaired) electrons. The molecule has 1 amide bonds. The van der Waals surface area contributed by atoms with E-state index in [2.05, 4.69) is 10.6 Å². The van der Waals surface area contributed by atoms with E-state index < -0.39 is 0 Å². The summed E-state index contributed by atoms with van der Waals surface area (Å²) in [5, 5.41) is 6.48. The lowest BCUT2D eigenvalue weighted by molar-refractivity contribution is -0.121. The maximum Gasteiger partial charge on any atom is 0.220 e. The van der Waals surface area contributed by atoms with Crippen LogP contribution in [0.2, 0.25) is 0 Å². The van der Waals surface area contributed by atoms with E-state index in [0.29, 0.717) is 24.6 Å². The van der Waals surface area contributed by atoms with Crippen molar-refractivity contribution in [2.45, 2.75) is 63.6 Å². The van der Waals surface area contributed by atoms with E-state index >= 15 is 0 Å². The molecule has 98 valence electrons. The molecule has 4 nitrogen and oxygen atoms in total. The molecule has 2 saturated carbocycles. The molecule has 0 aromatic carbocycles. The fraction of sp³-hybridized carbons (Fsp3) is 0.923. The summed E-state index contributed by atoms with van der Waals surface area (Å²) in [6.07, 6.45) is 6.66. The normalized spacial score (nSPS) is 27.6. The Hall–Kier alpha value is -0.610. The fourth-order valence-electron chi connectivity index (χ4n) is 2.19. The van der Waals surface area contributed by atoms with Gasteiger partial charge in [0.25, 0.3) is 0 Å². The molecule has 0 bridgehead atoms. The Balaban J connectivity index is 1.40. The molecule has 0 aromatic rings. The van der Waals surface area contributed by atoms with Crippen LogP contribution in [0.4, 0.5) is 0 Å². The van der Waals surface area contributed by atoms with Crippen LogP contribution in [0.15, 0.2) is 0 Å². The zero-order chi connectivity index (χ0) is 12.1. The van der Waals surface area contributed by atoms with E-state index in [1.165, 1.54) is 12.8 Å². The molecule has 0 aliphatic heterocycles. The predicted octanol–water partition coefficient (Wildman–Crippen LogP) is 1.20. The molecule has 2 N–H and O–H groups in total. The third-order valence-electron chi connectivity index (χ3n) is 3.45. The SMILES string of the molecule is CCOC1CC(NCCCC(=O)NC2CC2)C1. The van der Waals surface area contributed by atoms with Crippen molar-refractivity contribution in [3.63, 3.8) is 0 Å². The Morgan fingerprint density at radius 3 is 2.71 bits per heavy atom. The molecular weight excluding hydrogens is 216 g/mol. The molecule has 0 heterocycles. The molecule has 2 aliphatic carbocycles. The van der Waals surface area contributed by atoms with E-state index in [0.717, 1.165) is 32.4 Å². The number of hydrogen-bond acceptors (Lipinski definition) is 3. The number of carbonyl (C=O) groups is 1. The van der Waals surface area contributed by atoms with Crippen LogP contribution in [-0.2, 0) is 9.53 Å². The van der Waals surface area contributed by atoms with Crippen LogP contribution in [0.1, 0.15) is 45.4 Å². The predicted molar refractivity (Wildman–Crippen MR) is 66.8 cm³/mol. The molecule has 0 aromatic heterocycles. The van der Waals surface area contributed by atoms with Crippen LogP contribution in [0.3, 0.4) is 0 Å². The first-order chi connectivity index (χ1) is 8.28. The monoisotopic (exact) mass is 240 g/mol. The van der Waals surface area contributed by atoms with E-state index in [-0.39, 0.29) is 5.91 Å². The average molecular weight is 240 g/mol. The van der Waals surface area contributed by atoms with E-state index in [4.69, 9.17) is 4.74 Å². The standard InChI is InChI=1S/C13H24N2O2/c1-2-17-12-8-11(9-12)14-7-3-4-13(16)15-10-5-6-10/h10-12,14H,2-9H2,1H3,(H,15,16). The topological polar surface area (TPSA) is 50.4 Å². The molecule has 2 aliphatic rings. The molecule has 0 spiro atoms. The van der Waals surface area contributed by atoms with Crippen molar-refractivity contribution in [3.8, 4) is 0 Å². The first-order valence-corrected chi connectivity index (χ1v) is 6.92. The van der Waals surface area contributed by atoms with Crippen molar-refractivity contribution in [3.05, 3.63) is 0 Å². The number of carbonyl (C=O) groups excluding carboxylic acids is 1. The molecule has 2 rings (SSSR count). The van der Waals surface area contributed by atoms with Crippen molar-refractivity contribution < 1.29 is 9.53 Å².